The molecule has 1 heterocycles. The molecule has 2 atom stereocenters. The zero-order valence-electron chi connectivity index (χ0n) is 13.6. The minimum absolute atomic E-state index is 0.115. The first-order valence-electron chi connectivity index (χ1n) is 8.19. The maximum Gasteiger partial charge on any atom is 0.313 e. The topological polar surface area (TPSA) is 49.4 Å². The number of anilines is 1. The van der Waals surface area contributed by atoms with Crippen LogP contribution in [-0.2, 0) is 9.59 Å². The number of piperidine rings is 1. The molecular weight excluding hydrogens is 288 g/mol. The normalized spacial score (nSPS) is 21.2. The van der Waals surface area contributed by atoms with Crippen LogP contribution in [0.1, 0.15) is 33.1 Å². The number of likely N-dealkylation sites (tertiary alicyclic amines) is 1. The Hall–Kier alpha value is -2.36. The van der Waals surface area contributed by atoms with Crippen molar-refractivity contribution in [1.29, 1.82) is 0 Å². The van der Waals surface area contributed by atoms with Gasteiger partial charge in [0, 0.05) is 23.2 Å². The number of carbonyl (C=O) groups excluding carboxylic acids is 2. The molecule has 2 unspecified atom stereocenters. The maximum atomic E-state index is 12.6. The quantitative estimate of drug-likeness (QED) is 0.819. The minimum Gasteiger partial charge on any atom is -0.329 e. The fraction of sp³-hybridized carbons (Fsp3) is 0.368. The highest BCUT2D eigenvalue weighted by Gasteiger charge is 2.32. The van der Waals surface area contributed by atoms with Crippen molar-refractivity contribution < 1.29 is 9.59 Å². The van der Waals surface area contributed by atoms with E-state index >= 15 is 0 Å². The Bertz CT molecular complexity index is 726. The van der Waals surface area contributed by atoms with Crippen LogP contribution in [0.2, 0.25) is 0 Å². The zero-order valence-corrected chi connectivity index (χ0v) is 13.6. The third-order valence-corrected chi connectivity index (χ3v) is 4.66. The van der Waals surface area contributed by atoms with Crippen LogP contribution in [-0.4, -0.2) is 28.8 Å². The van der Waals surface area contributed by atoms with Gasteiger partial charge in [-0.1, -0.05) is 36.4 Å². The van der Waals surface area contributed by atoms with E-state index in [9.17, 15) is 9.59 Å². The van der Waals surface area contributed by atoms with Crippen LogP contribution in [0.15, 0.2) is 42.5 Å². The van der Waals surface area contributed by atoms with E-state index in [1.54, 1.807) is 4.90 Å². The van der Waals surface area contributed by atoms with Gasteiger partial charge in [0.2, 0.25) is 0 Å². The van der Waals surface area contributed by atoms with Gasteiger partial charge in [0.25, 0.3) is 0 Å². The first-order valence-corrected chi connectivity index (χ1v) is 8.19. The van der Waals surface area contributed by atoms with Gasteiger partial charge in [-0.3, -0.25) is 9.59 Å². The van der Waals surface area contributed by atoms with Gasteiger partial charge in [-0.15, -0.1) is 0 Å². The summed E-state index contributed by atoms with van der Waals surface area (Å²) in [6.45, 7) is 4.03. The number of carbonyl (C=O) groups is 2. The largest absolute Gasteiger partial charge is 0.329 e. The van der Waals surface area contributed by atoms with Crippen molar-refractivity contribution >= 4 is 28.3 Å². The summed E-state index contributed by atoms with van der Waals surface area (Å²) in [4.78, 5) is 26.7. The third-order valence-electron chi connectivity index (χ3n) is 4.66. The number of benzene rings is 2. The highest BCUT2D eigenvalue weighted by atomic mass is 16.2. The standard InChI is InChI=1S/C19H22N2O2/c1-13-7-5-8-14(2)21(13)19(23)18(22)20-17-12-6-10-15-9-3-4-11-16(15)17/h3-4,6,9-14H,5,7-8H2,1-2H3,(H,20,22). The van der Waals surface area contributed by atoms with Crippen molar-refractivity contribution in [1.82, 2.24) is 4.90 Å². The molecule has 0 saturated carbocycles. The number of nitrogens with one attached hydrogen (secondary N) is 1. The van der Waals surface area contributed by atoms with E-state index in [1.807, 2.05) is 56.3 Å². The lowest BCUT2D eigenvalue weighted by molar-refractivity contribution is -0.147. The molecule has 2 amide bonds. The summed E-state index contributed by atoms with van der Waals surface area (Å²) in [7, 11) is 0. The molecule has 4 heteroatoms. The van der Waals surface area contributed by atoms with Gasteiger partial charge in [-0.25, -0.2) is 0 Å². The molecule has 1 aliphatic heterocycles. The number of hydrogen-bond donors (Lipinski definition) is 1. The number of rotatable bonds is 1. The Kier molecular flexibility index (Phi) is 4.33. The second-order valence-electron chi connectivity index (χ2n) is 6.32. The molecule has 1 N–H and O–H groups in total. The van der Waals surface area contributed by atoms with Gasteiger partial charge in [-0.05, 0) is 44.6 Å². The van der Waals surface area contributed by atoms with Crippen LogP contribution in [0.4, 0.5) is 5.69 Å². The van der Waals surface area contributed by atoms with Crippen molar-refractivity contribution in [2.45, 2.75) is 45.2 Å². The molecule has 0 aliphatic carbocycles. The number of hydrogen-bond acceptors (Lipinski definition) is 2. The average molecular weight is 310 g/mol. The lowest BCUT2D eigenvalue weighted by Gasteiger charge is -2.38. The number of amides is 2. The van der Waals surface area contributed by atoms with Crippen molar-refractivity contribution in [2.75, 3.05) is 5.32 Å². The monoisotopic (exact) mass is 310 g/mol. The molecule has 0 spiro atoms. The predicted octanol–water partition coefficient (Wildman–Crippen LogP) is 3.57. The molecule has 4 nitrogen and oxygen atoms in total. The fourth-order valence-corrected chi connectivity index (χ4v) is 3.45. The summed E-state index contributed by atoms with van der Waals surface area (Å²) in [5, 5.41) is 4.77. The Morgan fingerprint density at radius 3 is 2.39 bits per heavy atom. The molecule has 2 aromatic carbocycles. The Balaban J connectivity index is 1.81. The lowest BCUT2D eigenvalue weighted by Crippen LogP contribution is -2.51. The average Bonchev–Trinajstić information content (AvgIpc) is 2.55. The number of fused-ring (bicyclic) bond motifs is 1. The predicted molar refractivity (Wildman–Crippen MR) is 92.2 cm³/mol. The van der Waals surface area contributed by atoms with Gasteiger partial charge in [0.1, 0.15) is 0 Å². The number of nitrogens with zero attached hydrogens (tertiary/aromatic N) is 1. The second kappa shape index (κ2) is 6.41. The van der Waals surface area contributed by atoms with Crippen molar-refractivity contribution in [2.24, 2.45) is 0 Å². The fourth-order valence-electron chi connectivity index (χ4n) is 3.45. The van der Waals surface area contributed by atoms with Crippen molar-refractivity contribution in [3.8, 4) is 0 Å². The smallest absolute Gasteiger partial charge is 0.313 e. The summed E-state index contributed by atoms with van der Waals surface area (Å²) in [5.41, 5.74) is 0.679. The van der Waals surface area contributed by atoms with Crippen LogP contribution in [0.25, 0.3) is 10.8 Å². The maximum absolute atomic E-state index is 12.6. The van der Waals surface area contributed by atoms with Gasteiger partial charge in [0.15, 0.2) is 0 Å². The molecule has 3 rings (SSSR count). The van der Waals surface area contributed by atoms with Crippen LogP contribution < -0.4 is 5.32 Å². The van der Waals surface area contributed by atoms with Gasteiger partial charge < -0.3 is 10.2 Å². The van der Waals surface area contributed by atoms with E-state index < -0.39 is 11.8 Å². The van der Waals surface area contributed by atoms with Crippen LogP contribution >= 0.6 is 0 Å². The van der Waals surface area contributed by atoms with E-state index in [0.29, 0.717) is 5.69 Å². The molecule has 120 valence electrons. The van der Waals surface area contributed by atoms with E-state index in [2.05, 4.69) is 5.32 Å². The first-order chi connectivity index (χ1) is 11.1. The molecule has 0 bridgehead atoms. The second-order valence-corrected chi connectivity index (χ2v) is 6.32. The molecule has 0 aromatic heterocycles. The zero-order chi connectivity index (χ0) is 16.4. The summed E-state index contributed by atoms with van der Waals surface area (Å²) in [5.74, 6) is -0.986. The van der Waals surface area contributed by atoms with Gasteiger partial charge in [-0.2, -0.15) is 0 Å². The molecule has 1 fully saturated rings. The summed E-state index contributed by atoms with van der Waals surface area (Å²) < 4.78 is 0. The molecular formula is C19H22N2O2. The van der Waals surface area contributed by atoms with Crippen LogP contribution in [0, 0.1) is 0 Å². The van der Waals surface area contributed by atoms with E-state index in [4.69, 9.17) is 0 Å². The molecule has 2 aromatic rings. The SMILES string of the molecule is CC1CCCC(C)N1C(=O)C(=O)Nc1cccc2ccccc12. The van der Waals surface area contributed by atoms with Crippen LogP contribution in [0.5, 0.6) is 0 Å². The molecule has 23 heavy (non-hydrogen) atoms. The molecule has 1 aliphatic rings. The summed E-state index contributed by atoms with van der Waals surface area (Å²) >= 11 is 0. The highest BCUT2D eigenvalue weighted by molar-refractivity contribution is 6.40. The van der Waals surface area contributed by atoms with E-state index in [1.165, 1.54) is 0 Å². The molecule has 1 saturated heterocycles. The van der Waals surface area contributed by atoms with Gasteiger partial charge >= 0.3 is 11.8 Å². The van der Waals surface area contributed by atoms with E-state index in [-0.39, 0.29) is 12.1 Å². The van der Waals surface area contributed by atoms with Gasteiger partial charge in [0.05, 0.1) is 0 Å². The van der Waals surface area contributed by atoms with Crippen molar-refractivity contribution in [3.05, 3.63) is 42.5 Å². The highest BCUT2D eigenvalue weighted by Crippen LogP contribution is 2.25. The van der Waals surface area contributed by atoms with Crippen LogP contribution in [0.3, 0.4) is 0 Å². The van der Waals surface area contributed by atoms with Crippen molar-refractivity contribution in [3.63, 3.8) is 0 Å². The van der Waals surface area contributed by atoms with E-state index in [0.717, 1.165) is 30.0 Å². The lowest BCUT2D eigenvalue weighted by atomic mass is 9.97. The molecule has 0 radical (unpaired) electrons. The summed E-state index contributed by atoms with van der Waals surface area (Å²) in [6, 6.07) is 13.7. The Labute approximate surface area is 136 Å². The third kappa shape index (κ3) is 3.07. The Morgan fingerprint density at radius 2 is 1.65 bits per heavy atom. The first kappa shape index (κ1) is 15.5. The minimum atomic E-state index is -0.554. The summed E-state index contributed by atoms with van der Waals surface area (Å²) in [6.07, 6.45) is 3.02. The Morgan fingerprint density at radius 1 is 1.00 bits per heavy atom.